The van der Waals surface area contributed by atoms with E-state index in [1.165, 1.54) is 22.5 Å². The first-order valence-corrected chi connectivity index (χ1v) is 25.3. The average Bonchev–Trinajstić information content (AvgIpc) is 3.75. The molecule has 327 valence electrons. The molecule has 0 bridgehead atoms. The summed E-state index contributed by atoms with van der Waals surface area (Å²) in [6.07, 6.45) is 2.28. The number of rotatable bonds is 5. The number of aryl methyl sites for hydroxylation is 2. The molecule has 0 aliphatic heterocycles. The van der Waals surface area contributed by atoms with Crippen molar-refractivity contribution in [1.29, 1.82) is 0 Å². The number of hydrogen-bond acceptors (Lipinski definition) is 3. The molecule has 0 fully saturated rings. The molecule has 0 spiro atoms. The molecule has 5 heteroatoms. The van der Waals surface area contributed by atoms with Gasteiger partial charge in [0.25, 0.3) is 0 Å². The molecule has 10 rings (SSSR count). The Morgan fingerprint density at radius 1 is 0.734 bits per heavy atom. The van der Waals surface area contributed by atoms with E-state index in [1.54, 1.807) is 39.0 Å². The minimum Gasteiger partial charge on any atom is -0.501 e. The van der Waals surface area contributed by atoms with Crippen LogP contribution in [-0.4, -0.2) is 18.0 Å². The van der Waals surface area contributed by atoms with Crippen LogP contribution in [0.15, 0.2) is 126 Å². The molecule has 3 aromatic heterocycles. The van der Waals surface area contributed by atoms with Crippen molar-refractivity contribution >= 4 is 56.7 Å². The Balaban J connectivity index is 0.000000192. The van der Waals surface area contributed by atoms with E-state index in [-0.39, 0.29) is 42.1 Å². The van der Waals surface area contributed by atoms with E-state index in [0.29, 0.717) is 22.4 Å². The van der Waals surface area contributed by atoms with Crippen molar-refractivity contribution in [2.75, 3.05) is 0 Å². The van der Waals surface area contributed by atoms with Crippen molar-refractivity contribution in [2.45, 2.75) is 105 Å². The fourth-order valence-electron chi connectivity index (χ4n) is 9.61. The number of pyridine rings is 2. The molecule has 1 aliphatic rings. The van der Waals surface area contributed by atoms with Crippen LogP contribution >= 0.6 is 0 Å². The zero-order valence-corrected chi connectivity index (χ0v) is 41.8. The fraction of sp³-hybridized carbons (Fsp3) is 0.288. The summed E-state index contributed by atoms with van der Waals surface area (Å²) in [7, 11) is -1.50. The predicted molar refractivity (Wildman–Crippen MR) is 271 cm³/mol. The zero-order valence-electron chi connectivity index (χ0n) is 46.4. The molecule has 0 unspecified atom stereocenters. The van der Waals surface area contributed by atoms with Gasteiger partial charge in [-0.25, -0.2) is 0 Å². The number of hydrogen-bond donors (Lipinski definition) is 0. The van der Waals surface area contributed by atoms with Gasteiger partial charge in [-0.05, 0) is 109 Å². The van der Waals surface area contributed by atoms with Gasteiger partial charge in [-0.1, -0.05) is 169 Å². The Bertz CT molecular complexity index is 3560. The molecule has 6 aromatic carbocycles. The Hall–Kier alpha value is -5.19. The van der Waals surface area contributed by atoms with Crippen LogP contribution in [0.4, 0.5) is 0 Å². The summed E-state index contributed by atoms with van der Waals surface area (Å²) in [5.41, 5.74) is 8.00. The Morgan fingerprint density at radius 2 is 1.50 bits per heavy atom. The molecule has 0 amide bonds. The van der Waals surface area contributed by atoms with Gasteiger partial charge in [0.1, 0.15) is 5.58 Å². The second-order valence-corrected chi connectivity index (χ2v) is 25.7. The van der Waals surface area contributed by atoms with Crippen molar-refractivity contribution in [3.05, 3.63) is 162 Å². The molecule has 0 saturated carbocycles. The van der Waals surface area contributed by atoms with Crippen LogP contribution in [0.1, 0.15) is 93.7 Å². The third-order valence-corrected chi connectivity index (χ3v) is 14.5. The molecular formula is C59H60IrN2OSi-2. The maximum absolute atomic E-state index is 8.85. The number of furan rings is 1. The molecule has 0 saturated heterocycles. The second kappa shape index (κ2) is 16.7. The van der Waals surface area contributed by atoms with E-state index in [0.717, 1.165) is 66.7 Å². The standard InChI is InChI=1S/C31H26NO.C28H34NSi.Ir/c1-19-18-32-28(15-22(19)17-31(2,3)4)25-11-7-10-24-27-14-21-13-12-20-8-5-6-9-23(20)26(21)16-29(27)33-30(24)25;1-19-9-10-21(26-17-22(13-14-29-26)30(6,7)8)15-23(19)20-11-12-24-25(16-20)28(4,5)18-27(24,2)3;/h5-10,12-16,18H,17H2,1-4H3;9,11-17H,18H2,1-8H3;/q2*-1;/i1D3,17D2;1D3;. The zero-order chi connectivity index (χ0) is 51.4. The van der Waals surface area contributed by atoms with Crippen LogP contribution in [0.3, 0.4) is 0 Å². The molecule has 9 aromatic rings. The summed E-state index contributed by atoms with van der Waals surface area (Å²) >= 11 is 0. The Labute approximate surface area is 406 Å². The van der Waals surface area contributed by atoms with Gasteiger partial charge in [0.2, 0.25) is 0 Å². The summed E-state index contributed by atoms with van der Waals surface area (Å²) < 4.78 is 72.6. The van der Waals surface area contributed by atoms with Crippen molar-refractivity contribution < 1.29 is 35.5 Å². The maximum Gasteiger partial charge on any atom is 0.121 e. The minimum atomic E-state index is -2.50. The topological polar surface area (TPSA) is 38.9 Å². The van der Waals surface area contributed by atoms with Crippen LogP contribution in [-0.2, 0) is 37.3 Å². The quantitative estimate of drug-likeness (QED) is 0.0979. The monoisotopic (exact) mass is 1040 g/mol. The number of nitrogens with zero attached hydrogens (tertiary/aromatic N) is 2. The summed E-state index contributed by atoms with van der Waals surface area (Å²) in [6, 6.07) is 42.7. The molecule has 0 N–H and O–H groups in total. The van der Waals surface area contributed by atoms with Crippen LogP contribution in [0, 0.1) is 31.3 Å². The van der Waals surface area contributed by atoms with Gasteiger partial charge >= 0.3 is 0 Å². The van der Waals surface area contributed by atoms with Crippen LogP contribution in [0.5, 0.6) is 0 Å². The van der Waals surface area contributed by atoms with Gasteiger partial charge in [-0.2, -0.15) is 0 Å². The first kappa shape index (κ1) is 36.1. The third-order valence-electron chi connectivity index (χ3n) is 12.5. The second-order valence-electron chi connectivity index (χ2n) is 20.6. The molecule has 64 heavy (non-hydrogen) atoms. The molecule has 3 nitrogen and oxygen atoms in total. The van der Waals surface area contributed by atoms with Gasteiger partial charge in [0.05, 0.1) is 13.7 Å². The Kier molecular flexibility index (Phi) is 9.39. The molecular weight excluding hydrogens is 973 g/mol. The fourth-order valence-corrected chi connectivity index (χ4v) is 10.8. The van der Waals surface area contributed by atoms with Crippen LogP contribution in [0.25, 0.3) is 77.1 Å². The van der Waals surface area contributed by atoms with Crippen LogP contribution < -0.4 is 5.19 Å². The smallest absolute Gasteiger partial charge is 0.121 e. The van der Waals surface area contributed by atoms with E-state index in [4.69, 9.17) is 15.4 Å². The van der Waals surface area contributed by atoms with E-state index >= 15 is 0 Å². The van der Waals surface area contributed by atoms with E-state index < -0.39 is 33.6 Å². The first-order valence-electron chi connectivity index (χ1n) is 25.8. The normalized spacial score (nSPS) is 16.8. The summed E-state index contributed by atoms with van der Waals surface area (Å²) in [6.45, 7) is 16.7. The van der Waals surface area contributed by atoms with E-state index in [1.807, 2.05) is 30.5 Å². The summed E-state index contributed by atoms with van der Waals surface area (Å²) in [4.78, 5) is 9.07. The average molecular weight is 1040 g/mol. The maximum atomic E-state index is 8.85. The molecule has 1 radical (unpaired) electrons. The van der Waals surface area contributed by atoms with Gasteiger partial charge < -0.3 is 14.4 Å². The van der Waals surface area contributed by atoms with Crippen molar-refractivity contribution in [3.63, 3.8) is 0 Å². The summed E-state index contributed by atoms with van der Waals surface area (Å²) in [5, 5.41) is 7.69. The molecule has 3 heterocycles. The number of aromatic nitrogens is 2. The van der Waals surface area contributed by atoms with Crippen molar-refractivity contribution in [1.82, 2.24) is 9.97 Å². The molecule has 0 atom stereocenters. The Morgan fingerprint density at radius 3 is 2.27 bits per heavy atom. The van der Waals surface area contributed by atoms with E-state index in [2.05, 4.69) is 136 Å². The van der Waals surface area contributed by atoms with Crippen molar-refractivity contribution in [3.8, 4) is 33.6 Å². The molecule has 1 aliphatic carbocycles. The number of fused-ring (bicyclic) bond motifs is 7. The van der Waals surface area contributed by atoms with Gasteiger partial charge in [0.15, 0.2) is 0 Å². The van der Waals surface area contributed by atoms with Crippen LogP contribution in [0.2, 0.25) is 19.6 Å². The minimum absolute atomic E-state index is 0. The van der Waals surface area contributed by atoms with Gasteiger partial charge in [-0.15, -0.1) is 47.5 Å². The third kappa shape index (κ3) is 8.67. The SMILES string of the molecule is [2H]C([2H])([2H])c1c[c-]c(-c2cc([Si](C)(C)C)ccn2)cc1-c1ccc2c(c1)C(C)(C)CC2(C)C.[2H]C([2H])([2H])c1cnc(-c2[c-]ccc3c2oc2cc4c(ccc5ccccc54)cc23)cc1C([2H])([2H])C(C)(C)C.[Ir]. The largest absolute Gasteiger partial charge is 0.501 e. The van der Waals surface area contributed by atoms with Gasteiger partial charge in [-0.3, -0.25) is 0 Å². The number of benzene rings is 6. The van der Waals surface area contributed by atoms with Crippen molar-refractivity contribution in [2.24, 2.45) is 5.41 Å². The summed E-state index contributed by atoms with van der Waals surface area (Å²) in [5.74, 6) is 0. The first-order chi connectivity index (χ1) is 33.0. The predicted octanol–water partition coefficient (Wildman–Crippen LogP) is 15.7. The van der Waals surface area contributed by atoms with Gasteiger partial charge in [0, 0.05) is 48.9 Å². The van der Waals surface area contributed by atoms with E-state index in [9.17, 15) is 0 Å².